The number of amides is 1. The summed E-state index contributed by atoms with van der Waals surface area (Å²) in [6.45, 7) is 3.74. The molecule has 1 heterocycles. The SMILES string of the molecule is CCCCCC/C=C\CCCCCCCCCC(=O)NC(COC1OC(CO)C(O)C(O)C1O)C(O)/C=C/CC/C=C/CCCCCCCCCCCCCCC. The molecule has 9 heteroatoms. The maximum atomic E-state index is 12.9. The number of carbonyl (C=O) groups excluding carboxylic acids is 1. The number of allylic oxidation sites excluding steroid dienone is 5. The van der Waals surface area contributed by atoms with E-state index in [9.17, 15) is 30.3 Å². The molecule has 6 N–H and O–H groups in total. The lowest BCUT2D eigenvalue weighted by Crippen LogP contribution is -2.60. The second kappa shape index (κ2) is 38.6. The fourth-order valence-electron chi connectivity index (χ4n) is 7.34. The molecule has 1 amide bonds. The highest BCUT2D eigenvalue weighted by molar-refractivity contribution is 5.76. The largest absolute Gasteiger partial charge is 0.394 e. The zero-order chi connectivity index (χ0) is 41.6. The predicted octanol–water partition coefficient (Wildman–Crippen LogP) is 10.1. The van der Waals surface area contributed by atoms with Crippen LogP contribution < -0.4 is 5.32 Å². The van der Waals surface area contributed by atoms with E-state index >= 15 is 0 Å². The van der Waals surface area contributed by atoms with Gasteiger partial charge in [-0.3, -0.25) is 4.79 Å². The van der Waals surface area contributed by atoms with Gasteiger partial charge in [0.2, 0.25) is 5.91 Å². The monoisotopic (exact) mass is 808 g/mol. The molecule has 1 saturated heterocycles. The van der Waals surface area contributed by atoms with Crippen LogP contribution in [0.3, 0.4) is 0 Å². The molecule has 1 fully saturated rings. The summed E-state index contributed by atoms with van der Waals surface area (Å²) < 4.78 is 11.2. The number of aliphatic hydroxyl groups is 5. The Hall–Kier alpha value is -1.59. The van der Waals surface area contributed by atoms with Crippen LogP contribution in [0.15, 0.2) is 36.5 Å². The molecule has 1 aliphatic rings. The fraction of sp³-hybridized carbons (Fsp3) is 0.854. The highest BCUT2D eigenvalue weighted by atomic mass is 16.7. The van der Waals surface area contributed by atoms with Crippen molar-refractivity contribution in [3.05, 3.63) is 36.5 Å². The summed E-state index contributed by atoms with van der Waals surface area (Å²) in [7, 11) is 0. The Morgan fingerprint density at radius 3 is 1.49 bits per heavy atom. The minimum Gasteiger partial charge on any atom is -0.394 e. The van der Waals surface area contributed by atoms with E-state index in [0.29, 0.717) is 6.42 Å². The van der Waals surface area contributed by atoms with E-state index in [1.165, 1.54) is 135 Å². The van der Waals surface area contributed by atoms with Gasteiger partial charge in [0.05, 0.1) is 25.4 Å². The zero-order valence-corrected chi connectivity index (χ0v) is 36.6. The van der Waals surface area contributed by atoms with Gasteiger partial charge in [-0.2, -0.15) is 0 Å². The number of unbranched alkanes of at least 4 members (excludes halogenated alkanes) is 25. The van der Waals surface area contributed by atoms with E-state index in [2.05, 4.69) is 43.5 Å². The van der Waals surface area contributed by atoms with Crippen LogP contribution in [-0.2, 0) is 14.3 Å². The van der Waals surface area contributed by atoms with Gasteiger partial charge < -0.3 is 40.3 Å². The van der Waals surface area contributed by atoms with Crippen molar-refractivity contribution in [1.29, 1.82) is 0 Å². The van der Waals surface area contributed by atoms with E-state index in [1.807, 2.05) is 6.08 Å². The highest BCUT2D eigenvalue weighted by Gasteiger charge is 2.44. The molecule has 0 aliphatic carbocycles. The molecule has 334 valence electrons. The van der Waals surface area contributed by atoms with Crippen molar-refractivity contribution in [2.45, 2.75) is 249 Å². The lowest BCUT2D eigenvalue weighted by Gasteiger charge is -2.40. The first-order valence-corrected chi connectivity index (χ1v) is 23.7. The Morgan fingerprint density at radius 2 is 1.00 bits per heavy atom. The maximum absolute atomic E-state index is 12.9. The zero-order valence-electron chi connectivity index (χ0n) is 36.6. The predicted molar refractivity (Wildman–Crippen MR) is 235 cm³/mol. The molecular formula is C48H89NO8. The lowest BCUT2D eigenvalue weighted by atomic mass is 9.99. The van der Waals surface area contributed by atoms with Gasteiger partial charge in [0, 0.05) is 6.42 Å². The molecule has 9 nitrogen and oxygen atoms in total. The lowest BCUT2D eigenvalue weighted by molar-refractivity contribution is -0.302. The molecule has 0 bridgehead atoms. The van der Waals surface area contributed by atoms with Crippen molar-refractivity contribution in [2.24, 2.45) is 0 Å². The van der Waals surface area contributed by atoms with Gasteiger partial charge in [-0.1, -0.05) is 179 Å². The van der Waals surface area contributed by atoms with Crippen LogP contribution >= 0.6 is 0 Å². The van der Waals surface area contributed by atoms with Crippen LogP contribution in [0, 0.1) is 0 Å². The van der Waals surface area contributed by atoms with Crippen molar-refractivity contribution in [1.82, 2.24) is 5.32 Å². The summed E-state index contributed by atoms with van der Waals surface area (Å²) in [6, 6.07) is -0.822. The molecule has 0 aromatic heterocycles. The first-order chi connectivity index (χ1) is 27.8. The topological polar surface area (TPSA) is 149 Å². The van der Waals surface area contributed by atoms with Crippen LogP contribution in [0.5, 0.6) is 0 Å². The average Bonchev–Trinajstić information content (AvgIpc) is 3.21. The van der Waals surface area contributed by atoms with Crippen LogP contribution in [-0.4, -0.2) is 87.5 Å². The van der Waals surface area contributed by atoms with Gasteiger partial charge in [0.1, 0.15) is 24.4 Å². The molecule has 0 spiro atoms. The molecule has 1 rings (SSSR count). The number of aliphatic hydroxyl groups excluding tert-OH is 5. The minimum absolute atomic E-state index is 0.192. The van der Waals surface area contributed by atoms with Gasteiger partial charge in [-0.15, -0.1) is 0 Å². The van der Waals surface area contributed by atoms with Crippen molar-refractivity contribution in [3.63, 3.8) is 0 Å². The summed E-state index contributed by atoms with van der Waals surface area (Å²) in [4.78, 5) is 12.9. The first kappa shape index (κ1) is 53.4. The quantitative estimate of drug-likeness (QED) is 0.0266. The van der Waals surface area contributed by atoms with Gasteiger partial charge >= 0.3 is 0 Å². The Balaban J connectivity index is 2.37. The molecule has 57 heavy (non-hydrogen) atoms. The Kier molecular flexibility index (Phi) is 36.2. The molecule has 0 aromatic carbocycles. The van der Waals surface area contributed by atoms with Gasteiger partial charge in [0.25, 0.3) is 0 Å². The number of ether oxygens (including phenoxy) is 2. The molecule has 0 aromatic rings. The summed E-state index contributed by atoms with van der Waals surface area (Å²) in [5, 5.41) is 54.2. The fourth-order valence-corrected chi connectivity index (χ4v) is 7.34. The summed E-state index contributed by atoms with van der Waals surface area (Å²) in [5.74, 6) is -0.192. The van der Waals surface area contributed by atoms with Crippen molar-refractivity contribution < 1.29 is 39.8 Å². The van der Waals surface area contributed by atoms with Gasteiger partial charge in [0.15, 0.2) is 6.29 Å². The Morgan fingerprint density at radius 1 is 0.579 bits per heavy atom. The van der Waals surface area contributed by atoms with E-state index < -0.39 is 49.5 Å². The summed E-state index contributed by atoms with van der Waals surface area (Å²) >= 11 is 0. The molecule has 1 aliphatic heterocycles. The maximum Gasteiger partial charge on any atom is 0.220 e. The average molecular weight is 808 g/mol. The third-order valence-corrected chi connectivity index (χ3v) is 11.2. The van der Waals surface area contributed by atoms with Crippen LogP contribution in [0.25, 0.3) is 0 Å². The Labute approximate surface area is 349 Å². The number of nitrogens with one attached hydrogen (secondary N) is 1. The van der Waals surface area contributed by atoms with Crippen molar-refractivity contribution in [2.75, 3.05) is 13.2 Å². The van der Waals surface area contributed by atoms with E-state index in [-0.39, 0.29) is 12.5 Å². The molecular weight excluding hydrogens is 719 g/mol. The number of hydrogen-bond donors (Lipinski definition) is 6. The molecule has 7 unspecified atom stereocenters. The van der Waals surface area contributed by atoms with Crippen LogP contribution in [0.4, 0.5) is 0 Å². The van der Waals surface area contributed by atoms with Gasteiger partial charge in [-0.25, -0.2) is 0 Å². The summed E-state index contributed by atoms with van der Waals surface area (Å²) in [6.07, 6.45) is 40.4. The van der Waals surface area contributed by atoms with Crippen LogP contribution in [0.2, 0.25) is 0 Å². The van der Waals surface area contributed by atoms with Crippen molar-refractivity contribution in [3.8, 4) is 0 Å². The van der Waals surface area contributed by atoms with Crippen LogP contribution in [0.1, 0.15) is 206 Å². The number of rotatable bonds is 39. The third-order valence-electron chi connectivity index (χ3n) is 11.2. The van der Waals surface area contributed by atoms with Crippen molar-refractivity contribution >= 4 is 5.91 Å². The molecule has 7 atom stereocenters. The van der Waals surface area contributed by atoms with E-state index in [1.54, 1.807) is 6.08 Å². The highest BCUT2D eigenvalue weighted by Crippen LogP contribution is 2.22. The van der Waals surface area contributed by atoms with E-state index in [4.69, 9.17) is 9.47 Å². The molecule has 0 radical (unpaired) electrons. The summed E-state index contributed by atoms with van der Waals surface area (Å²) in [5.41, 5.74) is 0. The smallest absolute Gasteiger partial charge is 0.220 e. The molecule has 0 saturated carbocycles. The Bertz CT molecular complexity index is 987. The third kappa shape index (κ3) is 29.3. The standard InChI is InChI=1S/C48H89NO8/c1-3-5-7-9-11-13-15-17-19-20-21-22-24-25-27-29-31-33-35-37-42(51)41(40-56-48-47(55)46(54)45(53)43(39-50)57-48)49-44(52)38-36-34-32-30-28-26-23-18-16-14-12-10-8-6-4-2/h14,16,27,29,35,37,41-43,45-48,50-51,53-55H,3-13,15,17-26,28,30-34,36,38-40H2,1-2H3,(H,49,52)/b16-14-,29-27+,37-35+. The normalized spacial score (nSPS) is 21.3. The second-order valence-electron chi connectivity index (χ2n) is 16.5. The number of hydrogen-bond acceptors (Lipinski definition) is 8. The van der Waals surface area contributed by atoms with E-state index in [0.717, 1.165) is 51.4 Å². The first-order valence-electron chi connectivity index (χ1n) is 23.7. The second-order valence-corrected chi connectivity index (χ2v) is 16.5. The minimum atomic E-state index is -1.57. The number of carbonyl (C=O) groups is 1. The van der Waals surface area contributed by atoms with Gasteiger partial charge in [-0.05, 0) is 57.8 Å².